The molecule has 0 unspecified atom stereocenters. The van der Waals surface area contributed by atoms with Gasteiger partial charge in [0.25, 0.3) is 0 Å². The molecule has 1 fully saturated rings. The summed E-state index contributed by atoms with van der Waals surface area (Å²) >= 11 is 3.61. The van der Waals surface area contributed by atoms with Gasteiger partial charge in [0.1, 0.15) is 5.82 Å². The van der Waals surface area contributed by atoms with Crippen LogP contribution >= 0.6 is 15.9 Å². The number of aromatic amines is 1. The van der Waals surface area contributed by atoms with Gasteiger partial charge in [-0.3, -0.25) is 0 Å². The van der Waals surface area contributed by atoms with E-state index in [9.17, 15) is 0 Å². The molecule has 1 saturated carbocycles. The zero-order valence-corrected chi connectivity index (χ0v) is 13.3. The van der Waals surface area contributed by atoms with Gasteiger partial charge >= 0.3 is 0 Å². The van der Waals surface area contributed by atoms with Crippen molar-refractivity contribution < 1.29 is 0 Å². The Labute approximate surface area is 128 Å². The van der Waals surface area contributed by atoms with E-state index >= 15 is 0 Å². The average Bonchev–Trinajstić information content (AvgIpc) is 2.82. The van der Waals surface area contributed by atoms with Gasteiger partial charge in [0, 0.05) is 27.7 Å². The van der Waals surface area contributed by atoms with Gasteiger partial charge in [0.15, 0.2) is 0 Å². The van der Waals surface area contributed by atoms with Crippen LogP contribution in [0.4, 0.5) is 0 Å². The number of aryl methyl sites for hydroxylation is 1. The summed E-state index contributed by atoms with van der Waals surface area (Å²) in [5.41, 5.74) is 9.34. The minimum absolute atomic E-state index is 0.380. The van der Waals surface area contributed by atoms with Crippen LogP contribution in [0, 0.1) is 6.92 Å². The molecule has 4 heteroatoms. The number of hydrogen-bond donors (Lipinski definition) is 2. The van der Waals surface area contributed by atoms with E-state index in [0.717, 1.165) is 52.9 Å². The summed E-state index contributed by atoms with van der Waals surface area (Å²) in [5.74, 6) is 1.66. The molecule has 1 aromatic heterocycles. The van der Waals surface area contributed by atoms with Gasteiger partial charge < -0.3 is 10.7 Å². The van der Waals surface area contributed by atoms with E-state index in [-0.39, 0.29) is 0 Å². The zero-order chi connectivity index (χ0) is 14.1. The van der Waals surface area contributed by atoms with Crippen molar-refractivity contribution in [3.63, 3.8) is 0 Å². The first-order valence-electron chi connectivity index (χ1n) is 7.22. The van der Waals surface area contributed by atoms with Crippen LogP contribution in [0.3, 0.4) is 0 Å². The summed E-state index contributed by atoms with van der Waals surface area (Å²) in [6.07, 6.45) is 4.50. The predicted molar refractivity (Wildman–Crippen MR) is 85.6 cm³/mol. The molecule has 0 spiro atoms. The molecule has 1 heterocycles. The largest absolute Gasteiger partial charge is 0.345 e. The maximum Gasteiger partial charge on any atom is 0.110 e. The zero-order valence-electron chi connectivity index (χ0n) is 11.7. The molecule has 1 aromatic carbocycles. The van der Waals surface area contributed by atoms with Crippen molar-refractivity contribution in [3.8, 4) is 11.3 Å². The predicted octanol–water partition coefficient (Wildman–Crippen LogP) is 4.13. The molecule has 0 radical (unpaired) electrons. The first kappa shape index (κ1) is 13.8. The third kappa shape index (κ3) is 2.67. The first-order valence-corrected chi connectivity index (χ1v) is 8.01. The van der Waals surface area contributed by atoms with Gasteiger partial charge in [0.05, 0.1) is 5.69 Å². The lowest BCUT2D eigenvalue weighted by molar-refractivity contribution is 0.386. The fourth-order valence-electron chi connectivity index (χ4n) is 2.99. The Morgan fingerprint density at radius 1 is 1.20 bits per heavy atom. The molecule has 3 rings (SSSR count). The maximum absolute atomic E-state index is 5.98. The first-order chi connectivity index (χ1) is 9.65. The van der Waals surface area contributed by atoms with E-state index in [0.29, 0.717) is 12.0 Å². The van der Waals surface area contributed by atoms with Crippen LogP contribution in [0.2, 0.25) is 0 Å². The maximum atomic E-state index is 5.98. The number of imidazole rings is 1. The van der Waals surface area contributed by atoms with E-state index in [1.54, 1.807) is 0 Å². The molecule has 1 aliphatic carbocycles. The van der Waals surface area contributed by atoms with Crippen molar-refractivity contribution in [2.24, 2.45) is 5.73 Å². The quantitative estimate of drug-likeness (QED) is 0.867. The lowest BCUT2D eigenvalue weighted by Crippen LogP contribution is -2.26. The second-order valence-corrected chi connectivity index (χ2v) is 6.54. The molecule has 0 bridgehead atoms. The van der Waals surface area contributed by atoms with Gasteiger partial charge in [-0.1, -0.05) is 34.1 Å². The van der Waals surface area contributed by atoms with Crippen LogP contribution in [-0.2, 0) is 0 Å². The van der Waals surface area contributed by atoms with E-state index in [2.05, 4.69) is 40.0 Å². The van der Waals surface area contributed by atoms with Crippen molar-refractivity contribution in [1.82, 2.24) is 9.97 Å². The van der Waals surface area contributed by atoms with Crippen LogP contribution < -0.4 is 5.73 Å². The fraction of sp³-hybridized carbons (Fsp3) is 0.438. The third-order valence-electron chi connectivity index (χ3n) is 4.19. The lowest BCUT2D eigenvalue weighted by Gasteiger charge is -2.24. The van der Waals surface area contributed by atoms with E-state index in [1.165, 1.54) is 0 Å². The second-order valence-electron chi connectivity index (χ2n) is 5.69. The van der Waals surface area contributed by atoms with E-state index in [4.69, 9.17) is 10.7 Å². The van der Waals surface area contributed by atoms with Crippen LogP contribution in [0.15, 0.2) is 28.7 Å². The number of halogens is 1. The Bertz CT molecular complexity index is 598. The van der Waals surface area contributed by atoms with Crippen LogP contribution in [0.1, 0.15) is 43.1 Å². The van der Waals surface area contributed by atoms with Crippen molar-refractivity contribution in [3.05, 3.63) is 40.3 Å². The highest BCUT2D eigenvalue weighted by Crippen LogP contribution is 2.34. The Morgan fingerprint density at radius 3 is 2.60 bits per heavy atom. The topological polar surface area (TPSA) is 54.7 Å². The molecule has 0 saturated heterocycles. The van der Waals surface area contributed by atoms with Crippen LogP contribution in [0.5, 0.6) is 0 Å². The Balaban J connectivity index is 1.90. The van der Waals surface area contributed by atoms with E-state index in [1.807, 2.05) is 12.1 Å². The molecule has 3 nitrogen and oxygen atoms in total. The van der Waals surface area contributed by atoms with Crippen molar-refractivity contribution in [1.29, 1.82) is 0 Å². The highest BCUT2D eigenvalue weighted by Gasteiger charge is 2.23. The van der Waals surface area contributed by atoms with Gasteiger partial charge in [-0.25, -0.2) is 4.98 Å². The number of rotatable bonds is 2. The Morgan fingerprint density at radius 2 is 1.90 bits per heavy atom. The summed E-state index contributed by atoms with van der Waals surface area (Å²) < 4.78 is 1.09. The summed E-state index contributed by atoms with van der Waals surface area (Å²) in [6.45, 7) is 2.10. The molecule has 106 valence electrons. The van der Waals surface area contributed by atoms with Crippen molar-refractivity contribution in [2.75, 3.05) is 0 Å². The lowest BCUT2D eigenvalue weighted by atomic mass is 9.86. The van der Waals surface area contributed by atoms with Crippen molar-refractivity contribution >= 4 is 15.9 Å². The number of nitrogens with zero attached hydrogens (tertiary/aromatic N) is 1. The van der Waals surface area contributed by atoms with Gasteiger partial charge in [-0.15, -0.1) is 0 Å². The monoisotopic (exact) mass is 333 g/mol. The normalized spacial score (nSPS) is 22.9. The van der Waals surface area contributed by atoms with Gasteiger partial charge in [-0.05, 0) is 38.7 Å². The molecule has 0 atom stereocenters. The smallest absolute Gasteiger partial charge is 0.110 e. The number of nitrogens with two attached hydrogens (primary N) is 1. The number of hydrogen-bond acceptors (Lipinski definition) is 2. The summed E-state index contributed by atoms with van der Waals surface area (Å²) in [7, 11) is 0. The SMILES string of the molecule is Cc1[nH]c(C2CCC(N)CC2)nc1-c1ccccc1Br. The fourth-order valence-corrected chi connectivity index (χ4v) is 3.46. The molecule has 20 heavy (non-hydrogen) atoms. The molecule has 1 aliphatic rings. The number of H-pyrrole nitrogens is 1. The standard InChI is InChI=1S/C16H20BrN3/c1-10-15(13-4-2-3-5-14(13)17)20-16(19-10)11-6-8-12(18)9-7-11/h2-5,11-12H,6-9,18H2,1H3,(H,19,20). The van der Waals surface area contributed by atoms with Gasteiger partial charge in [-0.2, -0.15) is 0 Å². The molecule has 0 aliphatic heterocycles. The average molecular weight is 334 g/mol. The summed E-state index contributed by atoms with van der Waals surface area (Å²) in [4.78, 5) is 8.35. The highest BCUT2D eigenvalue weighted by molar-refractivity contribution is 9.10. The van der Waals surface area contributed by atoms with Crippen LogP contribution in [-0.4, -0.2) is 16.0 Å². The number of benzene rings is 1. The summed E-state index contributed by atoms with van der Waals surface area (Å²) in [5, 5.41) is 0. The third-order valence-corrected chi connectivity index (χ3v) is 4.88. The molecular formula is C16H20BrN3. The number of nitrogens with one attached hydrogen (secondary N) is 1. The van der Waals surface area contributed by atoms with Gasteiger partial charge in [0.2, 0.25) is 0 Å². The molecular weight excluding hydrogens is 314 g/mol. The molecule has 2 aromatic rings. The van der Waals surface area contributed by atoms with Crippen LogP contribution in [0.25, 0.3) is 11.3 Å². The Hall–Kier alpha value is -1.13. The van der Waals surface area contributed by atoms with E-state index < -0.39 is 0 Å². The number of aromatic nitrogens is 2. The molecule has 0 amide bonds. The van der Waals surface area contributed by atoms with Crippen molar-refractivity contribution in [2.45, 2.75) is 44.6 Å². The highest BCUT2D eigenvalue weighted by atomic mass is 79.9. The second kappa shape index (κ2) is 5.70. The Kier molecular flexibility index (Phi) is 3.94. The minimum Gasteiger partial charge on any atom is -0.345 e. The summed E-state index contributed by atoms with van der Waals surface area (Å²) in [6, 6.07) is 8.62. The molecule has 3 N–H and O–H groups in total. The minimum atomic E-state index is 0.380.